The van der Waals surface area contributed by atoms with Crippen LogP contribution in [0.25, 0.3) is 0 Å². The van der Waals surface area contributed by atoms with E-state index in [4.69, 9.17) is 0 Å². The van der Waals surface area contributed by atoms with E-state index in [1.54, 1.807) is 29.2 Å². The molecule has 1 saturated heterocycles. The molecule has 3 heterocycles. The number of anilines is 1. The molecule has 5 nitrogen and oxygen atoms in total. The second-order valence-electron chi connectivity index (χ2n) is 7.81. The van der Waals surface area contributed by atoms with Gasteiger partial charge in [-0.3, -0.25) is 4.79 Å². The van der Waals surface area contributed by atoms with E-state index in [9.17, 15) is 18.0 Å². The third kappa shape index (κ3) is 3.72. The zero-order chi connectivity index (χ0) is 20.6. The summed E-state index contributed by atoms with van der Waals surface area (Å²) < 4.78 is 42.4. The van der Waals surface area contributed by atoms with E-state index in [-0.39, 0.29) is 29.8 Å². The fourth-order valence-electron chi connectivity index (χ4n) is 4.47. The van der Waals surface area contributed by atoms with Gasteiger partial charge in [0.05, 0.1) is 12.2 Å². The Bertz CT molecular complexity index is 865. The van der Waals surface area contributed by atoms with Crippen LogP contribution in [0, 0.1) is 0 Å². The first kappa shape index (κ1) is 19.8. The summed E-state index contributed by atoms with van der Waals surface area (Å²) in [7, 11) is 0. The molecule has 0 unspecified atom stereocenters. The van der Waals surface area contributed by atoms with E-state index in [2.05, 4.69) is 10.4 Å². The molecule has 2 aromatic rings. The molecule has 3 atom stereocenters. The van der Waals surface area contributed by atoms with Gasteiger partial charge in [0.25, 0.3) is 5.91 Å². The van der Waals surface area contributed by atoms with E-state index < -0.39 is 18.3 Å². The molecule has 1 aromatic carbocycles. The van der Waals surface area contributed by atoms with Crippen LogP contribution in [0.1, 0.15) is 67.0 Å². The minimum Gasteiger partial charge on any atom is -0.363 e. The molecule has 2 aliphatic rings. The van der Waals surface area contributed by atoms with Crippen molar-refractivity contribution in [2.75, 3.05) is 11.9 Å². The number of piperidine rings is 1. The lowest BCUT2D eigenvalue weighted by molar-refractivity contribution is -0.173. The average molecular weight is 406 g/mol. The quantitative estimate of drug-likeness (QED) is 0.785. The van der Waals surface area contributed by atoms with E-state index in [1.165, 1.54) is 6.20 Å². The lowest BCUT2D eigenvalue weighted by Gasteiger charge is -2.37. The van der Waals surface area contributed by atoms with Crippen molar-refractivity contribution in [3.05, 3.63) is 47.7 Å². The highest BCUT2D eigenvalue weighted by Gasteiger charge is 2.47. The molecule has 0 saturated carbocycles. The van der Waals surface area contributed by atoms with Crippen LogP contribution in [0.15, 0.2) is 36.5 Å². The van der Waals surface area contributed by atoms with Crippen molar-refractivity contribution in [3.63, 3.8) is 0 Å². The van der Waals surface area contributed by atoms with Crippen LogP contribution in [0.5, 0.6) is 0 Å². The summed E-state index contributed by atoms with van der Waals surface area (Å²) in [5, 5.41) is 7.16. The Balaban J connectivity index is 1.71. The number of fused-ring (bicyclic) bond motifs is 1. The highest BCUT2D eigenvalue weighted by atomic mass is 19.4. The first-order valence-corrected chi connectivity index (χ1v) is 10.2. The summed E-state index contributed by atoms with van der Waals surface area (Å²) in [6.45, 7) is 2.67. The monoisotopic (exact) mass is 406 g/mol. The van der Waals surface area contributed by atoms with Crippen LogP contribution >= 0.6 is 0 Å². The normalized spacial score (nSPS) is 24.7. The SMILES string of the molecule is CC[C@H]1CCCCN1C(=O)c1cnn2c1N[C@@H](c1ccccc1)C[C@@H]2C(F)(F)F. The van der Waals surface area contributed by atoms with Crippen molar-refractivity contribution in [1.82, 2.24) is 14.7 Å². The van der Waals surface area contributed by atoms with Gasteiger partial charge in [-0.2, -0.15) is 18.3 Å². The second kappa shape index (κ2) is 7.72. The number of rotatable bonds is 3. The van der Waals surface area contributed by atoms with E-state index in [1.807, 2.05) is 13.0 Å². The molecular formula is C21H25F3N4O. The van der Waals surface area contributed by atoms with Crippen molar-refractivity contribution in [1.29, 1.82) is 0 Å². The molecular weight excluding hydrogens is 381 g/mol. The zero-order valence-electron chi connectivity index (χ0n) is 16.3. The molecule has 8 heteroatoms. The van der Waals surface area contributed by atoms with Gasteiger partial charge in [0.1, 0.15) is 11.4 Å². The Morgan fingerprint density at radius 1 is 1.24 bits per heavy atom. The summed E-state index contributed by atoms with van der Waals surface area (Å²) in [4.78, 5) is 15.1. The van der Waals surface area contributed by atoms with Crippen molar-refractivity contribution in [2.24, 2.45) is 0 Å². The number of carbonyl (C=O) groups is 1. The summed E-state index contributed by atoms with van der Waals surface area (Å²) in [6, 6.07) is 6.85. The number of hydrogen-bond donors (Lipinski definition) is 1. The standard InChI is InChI=1S/C21H25F3N4O/c1-2-15-10-6-7-11-27(15)20(29)16-13-25-28-18(21(22,23)24)12-17(26-19(16)28)14-8-4-3-5-9-14/h3-5,8-9,13,15,17-18,26H,2,6-7,10-12H2,1H3/t15-,17+,18+/m0/s1. The fraction of sp³-hybridized carbons (Fsp3) is 0.524. The lowest BCUT2D eigenvalue weighted by atomic mass is 9.96. The van der Waals surface area contributed by atoms with Crippen molar-refractivity contribution >= 4 is 11.7 Å². The maximum Gasteiger partial charge on any atom is 0.410 e. The molecule has 1 amide bonds. The van der Waals surface area contributed by atoms with Crippen LogP contribution in [0.2, 0.25) is 0 Å². The molecule has 1 N–H and O–H groups in total. The Hall–Kier alpha value is -2.51. The zero-order valence-corrected chi connectivity index (χ0v) is 16.3. The third-order valence-corrected chi connectivity index (χ3v) is 6.03. The number of benzene rings is 1. The van der Waals surface area contributed by atoms with Gasteiger partial charge >= 0.3 is 6.18 Å². The predicted molar refractivity (Wildman–Crippen MR) is 104 cm³/mol. The van der Waals surface area contributed by atoms with Gasteiger partial charge in [-0.05, 0) is 31.2 Å². The summed E-state index contributed by atoms with van der Waals surface area (Å²) >= 11 is 0. The number of alkyl halides is 3. The number of nitrogens with zero attached hydrogens (tertiary/aromatic N) is 3. The van der Waals surface area contributed by atoms with Gasteiger partial charge in [-0.1, -0.05) is 37.3 Å². The maximum absolute atomic E-state index is 13.8. The Labute approximate surface area is 167 Å². The molecule has 1 fully saturated rings. The van der Waals surface area contributed by atoms with E-state index in [0.29, 0.717) is 6.54 Å². The van der Waals surface area contributed by atoms with Crippen molar-refractivity contribution < 1.29 is 18.0 Å². The highest BCUT2D eigenvalue weighted by molar-refractivity contribution is 5.99. The Morgan fingerprint density at radius 2 is 2.00 bits per heavy atom. The molecule has 0 radical (unpaired) electrons. The number of carbonyl (C=O) groups excluding carboxylic acids is 1. The predicted octanol–water partition coefficient (Wildman–Crippen LogP) is 4.95. The fourth-order valence-corrected chi connectivity index (χ4v) is 4.47. The maximum atomic E-state index is 13.8. The first-order chi connectivity index (χ1) is 13.9. The van der Waals surface area contributed by atoms with E-state index in [0.717, 1.165) is 35.9 Å². The highest BCUT2D eigenvalue weighted by Crippen LogP contribution is 2.44. The van der Waals surface area contributed by atoms with Gasteiger partial charge < -0.3 is 10.2 Å². The van der Waals surface area contributed by atoms with Gasteiger partial charge in [-0.25, -0.2) is 4.68 Å². The van der Waals surface area contributed by atoms with Gasteiger partial charge in [0, 0.05) is 19.0 Å². The smallest absolute Gasteiger partial charge is 0.363 e. The average Bonchev–Trinajstić information content (AvgIpc) is 3.16. The lowest BCUT2D eigenvalue weighted by Crippen LogP contribution is -2.44. The van der Waals surface area contributed by atoms with Gasteiger partial charge in [0.15, 0.2) is 6.04 Å². The Kier molecular flexibility index (Phi) is 5.27. The first-order valence-electron chi connectivity index (χ1n) is 10.2. The number of nitrogens with one attached hydrogen (secondary N) is 1. The molecule has 4 rings (SSSR count). The molecule has 29 heavy (non-hydrogen) atoms. The minimum absolute atomic E-state index is 0.124. The molecule has 1 aromatic heterocycles. The number of aromatic nitrogens is 2. The summed E-state index contributed by atoms with van der Waals surface area (Å²) in [5.74, 6) is -0.0715. The van der Waals surface area contributed by atoms with Crippen molar-refractivity contribution in [2.45, 2.75) is 63.3 Å². The van der Waals surface area contributed by atoms with E-state index >= 15 is 0 Å². The molecule has 2 aliphatic heterocycles. The number of likely N-dealkylation sites (tertiary alicyclic amines) is 1. The van der Waals surface area contributed by atoms with Gasteiger partial charge in [-0.15, -0.1) is 0 Å². The van der Waals surface area contributed by atoms with Crippen LogP contribution < -0.4 is 5.32 Å². The molecule has 156 valence electrons. The number of halogens is 3. The molecule has 0 spiro atoms. The summed E-state index contributed by atoms with van der Waals surface area (Å²) in [5.41, 5.74) is 0.984. The molecule has 0 bridgehead atoms. The molecule has 0 aliphatic carbocycles. The third-order valence-electron chi connectivity index (χ3n) is 6.03. The van der Waals surface area contributed by atoms with Crippen molar-refractivity contribution in [3.8, 4) is 0 Å². The van der Waals surface area contributed by atoms with Gasteiger partial charge in [0.2, 0.25) is 0 Å². The number of hydrogen-bond acceptors (Lipinski definition) is 3. The number of amides is 1. The second-order valence-corrected chi connectivity index (χ2v) is 7.81. The van der Waals surface area contributed by atoms with Crippen LogP contribution in [0.3, 0.4) is 0 Å². The van der Waals surface area contributed by atoms with Crippen LogP contribution in [0.4, 0.5) is 19.0 Å². The van der Waals surface area contributed by atoms with Crippen LogP contribution in [-0.4, -0.2) is 39.4 Å². The van der Waals surface area contributed by atoms with Crippen LogP contribution in [-0.2, 0) is 0 Å². The topological polar surface area (TPSA) is 50.2 Å². The minimum atomic E-state index is -4.45. The summed E-state index contributed by atoms with van der Waals surface area (Å²) in [6.07, 6.45) is 0.412. The Morgan fingerprint density at radius 3 is 2.69 bits per heavy atom. The largest absolute Gasteiger partial charge is 0.410 e.